The van der Waals surface area contributed by atoms with Gasteiger partial charge >= 0.3 is 5.97 Å². The van der Waals surface area contributed by atoms with Crippen LogP contribution in [0, 0.1) is 0 Å². The summed E-state index contributed by atoms with van der Waals surface area (Å²) in [4.78, 5) is 38.2. The molecule has 1 atom stereocenters. The van der Waals surface area contributed by atoms with E-state index >= 15 is 0 Å². The molecule has 0 spiro atoms. The molecule has 1 aromatic heterocycles. The van der Waals surface area contributed by atoms with Crippen molar-refractivity contribution in [2.75, 3.05) is 6.61 Å². The fourth-order valence-electron chi connectivity index (χ4n) is 2.11. The van der Waals surface area contributed by atoms with Gasteiger partial charge in [-0.15, -0.1) is 0 Å². The van der Waals surface area contributed by atoms with Crippen LogP contribution in [0.5, 0.6) is 5.75 Å². The maximum Gasteiger partial charge on any atom is 0.355 e. The summed E-state index contributed by atoms with van der Waals surface area (Å²) in [7, 11) is 0. The van der Waals surface area contributed by atoms with Crippen LogP contribution in [0.4, 0.5) is 0 Å². The van der Waals surface area contributed by atoms with Gasteiger partial charge in [-0.1, -0.05) is 0 Å². The van der Waals surface area contributed by atoms with Crippen LogP contribution in [0.2, 0.25) is 0 Å². The number of hydrogen-bond acceptors (Lipinski definition) is 5. The minimum absolute atomic E-state index is 0.131. The molecule has 1 heterocycles. The third-order valence-corrected chi connectivity index (χ3v) is 3.41. The van der Waals surface area contributed by atoms with Crippen molar-refractivity contribution in [1.29, 1.82) is 0 Å². The highest BCUT2D eigenvalue weighted by atomic mass is 16.5. The summed E-state index contributed by atoms with van der Waals surface area (Å²) in [5.74, 6) is -0.496. The maximum absolute atomic E-state index is 12.3. The monoisotopic (exact) mass is 329 g/mol. The van der Waals surface area contributed by atoms with Gasteiger partial charge in [-0.3, -0.25) is 9.59 Å². The first-order valence-corrected chi connectivity index (χ1v) is 7.59. The van der Waals surface area contributed by atoms with E-state index < -0.39 is 12.1 Å². The van der Waals surface area contributed by atoms with Crippen LogP contribution in [0.25, 0.3) is 0 Å². The van der Waals surface area contributed by atoms with E-state index in [9.17, 15) is 14.4 Å². The smallest absolute Gasteiger partial charge is 0.355 e. The Kier molecular flexibility index (Phi) is 5.52. The van der Waals surface area contributed by atoms with Crippen LogP contribution in [-0.2, 0) is 4.74 Å². The third-order valence-electron chi connectivity index (χ3n) is 3.41. The van der Waals surface area contributed by atoms with Gasteiger partial charge in [-0.05, 0) is 51.1 Å². The van der Waals surface area contributed by atoms with E-state index in [-0.39, 0.29) is 17.3 Å². The first-order valence-electron chi connectivity index (χ1n) is 7.59. The summed E-state index contributed by atoms with van der Waals surface area (Å²) in [6, 6.07) is 8.03. The molecule has 1 N–H and O–H groups in total. The van der Waals surface area contributed by atoms with Crippen molar-refractivity contribution in [2.24, 2.45) is 0 Å². The van der Waals surface area contributed by atoms with E-state index in [1.54, 1.807) is 24.3 Å². The molecule has 2 aromatic rings. The number of aromatic nitrogens is 1. The zero-order valence-electron chi connectivity index (χ0n) is 13.8. The lowest BCUT2D eigenvalue weighted by Crippen LogP contribution is -2.24. The normalized spacial score (nSPS) is 11.6. The van der Waals surface area contributed by atoms with Gasteiger partial charge in [-0.25, -0.2) is 4.79 Å². The highest BCUT2D eigenvalue weighted by molar-refractivity contribution is 6.02. The molecule has 0 bridgehead atoms. The molecule has 0 aliphatic heterocycles. The molecule has 1 aromatic carbocycles. The zero-order valence-corrected chi connectivity index (χ0v) is 13.8. The number of ether oxygens (including phenoxy) is 2. The lowest BCUT2D eigenvalue weighted by Gasteiger charge is -2.12. The SMILES string of the molecule is CCOc1ccc(C(=O)[C@@H](C)OC(=O)c2cc(C(C)=O)c[nH]2)cc1. The predicted octanol–water partition coefficient (Wildman–Crippen LogP) is 3.04. The van der Waals surface area contributed by atoms with Crippen LogP contribution in [0.15, 0.2) is 36.5 Å². The van der Waals surface area contributed by atoms with Crippen LogP contribution in [-0.4, -0.2) is 35.2 Å². The Morgan fingerprint density at radius 2 is 1.79 bits per heavy atom. The first-order chi connectivity index (χ1) is 11.4. The van der Waals surface area contributed by atoms with Gasteiger partial charge in [0.2, 0.25) is 5.78 Å². The summed E-state index contributed by atoms with van der Waals surface area (Å²) >= 11 is 0. The highest BCUT2D eigenvalue weighted by Crippen LogP contribution is 2.15. The number of esters is 1. The highest BCUT2D eigenvalue weighted by Gasteiger charge is 2.21. The van der Waals surface area contributed by atoms with Crippen LogP contribution < -0.4 is 4.74 Å². The van der Waals surface area contributed by atoms with Crippen molar-refractivity contribution in [3.8, 4) is 5.75 Å². The average molecular weight is 329 g/mol. The number of aromatic amines is 1. The first kappa shape index (κ1) is 17.5. The number of carbonyl (C=O) groups excluding carboxylic acids is 3. The van der Waals surface area contributed by atoms with Crippen molar-refractivity contribution >= 4 is 17.5 Å². The molecular weight excluding hydrogens is 310 g/mol. The molecule has 0 aliphatic rings. The lowest BCUT2D eigenvalue weighted by atomic mass is 10.1. The number of hydrogen-bond donors (Lipinski definition) is 1. The predicted molar refractivity (Wildman–Crippen MR) is 87.6 cm³/mol. The second kappa shape index (κ2) is 7.59. The summed E-state index contributed by atoms with van der Waals surface area (Å²) in [5, 5.41) is 0. The number of benzene rings is 1. The van der Waals surface area contributed by atoms with E-state index in [4.69, 9.17) is 9.47 Å². The molecule has 0 aliphatic carbocycles. The molecule has 0 unspecified atom stereocenters. The van der Waals surface area contributed by atoms with E-state index in [1.165, 1.54) is 26.1 Å². The average Bonchev–Trinajstić information content (AvgIpc) is 3.05. The minimum atomic E-state index is -0.945. The number of nitrogens with one attached hydrogen (secondary N) is 1. The van der Waals surface area contributed by atoms with Crippen molar-refractivity contribution < 1.29 is 23.9 Å². The molecule has 0 radical (unpaired) electrons. The van der Waals surface area contributed by atoms with E-state index in [0.717, 1.165) is 0 Å². The molecule has 0 saturated heterocycles. The maximum atomic E-state index is 12.3. The Morgan fingerprint density at radius 1 is 1.12 bits per heavy atom. The molecule has 126 valence electrons. The molecular formula is C18H19NO5. The summed E-state index contributed by atoms with van der Waals surface area (Å²) in [6.07, 6.45) is 0.484. The molecule has 6 heteroatoms. The van der Waals surface area contributed by atoms with Crippen LogP contribution in [0.1, 0.15) is 52.0 Å². The molecule has 6 nitrogen and oxygen atoms in total. The summed E-state index contributed by atoms with van der Waals surface area (Å²) in [5.41, 5.74) is 0.939. The topological polar surface area (TPSA) is 85.5 Å². The van der Waals surface area contributed by atoms with Gasteiger partial charge < -0.3 is 14.5 Å². The quantitative estimate of drug-likeness (QED) is 0.623. The fraction of sp³-hybridized carbons (Fsp3) is 0.278. The zero-order chi connectivity index (χ0) is 17.7. The second-order valence-corrected chi connectivity index (χ2v) is 5.23. The molecule has 2 rings (SSSR count). The minimum Gasteiger partial charge on any atom is -0.494 e. The van der Waals surface area contributed by atoms with Crippen molar-refractivity contribution in [2.45, 2.75) is 26.9 Å². The van der Waals surface area contributed by atoms with E-state index in [2.05, 4.69) is 4.98 Å². The molecule has 0 saturated carbocycles. The Bertz CT molecular complexity index is 745. The molecule has 0 amide bonds. The summed E-state index contributed by atoms with van der Waals surface area (Å²) < 4.78 is 10.5. The number of Topliss-reactive ketones (excluding diaryl/α,β-unsaturated/α-hetero) is 2. The van der Waals surface area contributed by atoms with E-state index in [0.29, 0.717) is 23.5 Å². The van der Waals surface area contributed by atoms with Gasteiger partial charge in [0.05, 0.1) is 6.61 Å². The molecule has 24 heavy (non-hydrogen) atoms. The Labute approximate surface area is 139 Å². The van der Waals surface area contributed by atoms with Gasteiger partial charge in [0, 0.05) is 17.3 Å². The van der Waals surface area contributed by atoms with Crippen molar-refractivity contribution in [3.05, 3.63) is 53.3 Å². The lowest BCUT2D eigenvalue weighted by molar-refractivity contribution is 0.0314. The van der Waals surface area contributed by atoms with Gasteiger partial charge in [0.15, 0.2) is 11.9 Å². The fourth-order valence-corrected chi connectivity index (χ4v) is 2.11. The molecule has 0 fully saturated rings. The van der Waals surface area contributed by atoms with Crippen molar-refractivity contribution in [1.82, 2.24) is 4.98 Å². The number of H-pyrrole nitrogens is 1. The van der Waals surface area contributed by atoms with Gasteiger partial charge in [0.25, 0.3) is 0 Å². The Morgan fingerprint density at radius 3 is 2.33 bits per heavy atom. The second-order valence-electron chi connectivity index (χ2n) is 5.23. The number of ketones is 2. The number of carbonyl (C=O) groups is 3. The van der Waals surface area contributed by atoms with Crippen molar-refractivity contribution in [3.63, 3.8) is 0 Å². The largest absolute Gasteiger partial charge is 0.494 e. The van der Waals surface area contributed by atoms with Gasteiger partial charge in [-0.2, -0.15) is 0 Å². The standard InChI is InChI=1S/C18H19NO5/c1-4-23-15-7-5-13(6-8-15)17(21)12(3)24-18(22)16-9-14(10-19-16)11(2)20/h5-10,12,19H,4H2,1-3H3/t12-/m1/s1. The third kappa shape index (κ3) is 4.10. The number of rotatable bonds is 7. The summed E-state index contributed by atoms with van der Waals surface area (Å²) in [6.45, 7) is 5.32. The van der Waals surface area contributed by atoms with Crippen LogP contribution in [0.3, 0.4) is 0 Å². The Hall–Kier alpha value is -2.89. The van der Waals surface area contributed by atoms with Gasteiger partial charge in [0.1, 0.15) is 11.4 Å². The Balaban J connectivity index is 2.02. The van der Waals surface area contributed by atoms with Crippen LogP contribution >= 0.6 is 0 Å². The van der Waals surface area contributed by atoms with E-state index in [1.807, 2.05) is 6.92 Å².